The van der Waals surface area contributed by atoms with Crippen molar-refractivity contribution >= 4 is 5.69 Å². The zero-order valence-electron chi connectivity index (χ0n) is 15.8. The van der Waals surface area contributed by atoms with Gasteiger partial charge in [-0.2, -0.15) is 4.98 Å². The van der Waals surface area contributed by atoms with Gasteiger partial charge in [0.15, 0.2) is 0 Å². The average Bonchev–Trinajstić information content (AvgIpc) is 3.17. The van der Waals surface area contributed by atoms with E-state index in [1.165, 1.54) is 11.3 Å². The van der Waals surface area contributed by atoms with Crippen molar-refractivity contribution in [3.05, 3.63) is 60.0 Å². The Hall–Kier alpha value is -2.86. The lowest BCUT2D eigenvalue weighted by atomic mass is 10.1. The normalized spacial score (nSPS) is 15.1. The fourth-order valence-corrected chi connectivity index (χ4v) is 3.37. The van der Waals surface area contributed by atoms with E-state index in [1.54, 1.807) is 7.11 Å². The summed E-state index contributed by atoms with van der Waals surface area (Å²) >= 11 is 0. The molecule has 1 aliphatic heterocycles. The van der Waals surface area contributed by atoms with Crippen LogP contribution in [0.15, 0.2) is 53.1 Å². The lowest BCUT2D eigenvalue weighted by Gasteiger charge is -2.35. The molecule has 0 N–H and O–H groups in total. The van der Waals surface area contributed by atoms with Crippen molar-refractivity contribution in [2.45, 2.75) is 13.5 Å². The second-order valence-electron chi connectivity index (χ2n) is 6.84. The summed E-state index contributed by atoms with van der Waals surface area (Å²) < 4.78 is 10.7. The van der Waals surface area contributed by atoms with Crippen LogP contribution in [0.25, 0.3) is 11.4 Å². The topological polar surface area (TPSA) is 54.6 Å². The van der Waals surface area contributed by atoms with Gasteiger partial charge in [-0.25, -0.2) is 0 Å². The smallest absolute Gasteiger partial charge is 0.241 e. The molecule has 6 heteroatoms. The standard InChI is InChI=1S/C21H24N4O2/c1-16-4-3-5-17(14-16)21-22-20(27-23-21)15-24-10-12-25(13-11-24)18-6-8-19(26-2)9-7-18/h3-9,14H,10-13,15H2,1-2H3. The van der Waals surface area contributed by atoms with Crippen molar-refractivity contribution in [1.29, 1.82) is 0 Å². The first-order chi connectivity index (χ1) is 13.2. The number of aryl methyl sites for hydroxylation is 1. The zero-order valence-corrected chi connectivity index (χ0v) is 15.8. The molecule has 6 nitrogen and oxygen atoms in total. The van der Waals surface area contributed by atoms with Crippen molar-refractivity contribution in [2.75, 3.05) is 38.2 Å². The van der Waals surface area contributed by atoms with E-state index in [-0.39, 0.29) is 0 Å². The number of aromatic nitrogens is 2. The number of hydrogen-bond acceptors (Lipinski definition) is 6. The molecule has 1 fully saturated rings. The van der Waals surface area contributed by atoms with E-state index in [1.807, 2.05) is 24.3 Å². The summed E-state index contributed by atoms with van der Waals surface area (Å²) in [4.78, 5) is 9.31. The first-order valence-electron chi connectivity index (χ1n) is 9.22. The summed E-state index contributed by atoms with van der Waals surface area (Å²) in [5.41, 5.74) is 3.41. The summed E-state index contributed by atoms with van der Waals surface area (Å²) in [5, 5.41) is 4.14. The molecule has 27 heavy (non-hydrogen) atoms. The highest BCUT2D eigenvalue weighted by Crippen LogP contribution is 2.21. The molecule has 0 spiro atoms. The molecule has 2 heterocycles. The molecule has 0 aliphatic carbocycles. The Kier molecular flexibility index (Phi) is 5.07. The monoisotopic (exact) mass is 364 g/mol. The molecule has 4 rings (SSSR count). The highest BCUT2D eigenvalue weighted by molar-refractivity contribution is 5.55. The quantitative estimate of drug-likeness (QED) is 0.692. The van der Waals surface area contributed by atoms with Crippen LogP contribution in [0.4, 0.5) is 5.69 Å². The zero-order chi connectivity index (χ0) is 18.6. The van der Waals surface area contributed by atoms with Gasteiger partial charge >= 0.3 is 0 Å². The highest BCUT2D eigenvalue weighted by atomic mass is 16.5. The summed E-state index contributed by atoms with van der Waals surface area (Å²) in [6.07, 6.45) is 0. The average molecular weight is 364 g/mol. The van der Waals surface area contributed by atoms with Crippen LogP contribution in [-0.4, -0.2) is 48.3 Å². The Morgan fingerprint density at radius 3 is 2.52 bits per heavy atom. The summed E-state index contributed by atoms with van der Waals surface area (Å²) in [5.74, 6) is 2.22. The maximum Gasteiger partial charge on any atom is 0.241 e. The Morgan fingerprint density at radius 2 is 1.81 bits per heavy atom. The van der Waals surface area contributed by atoms with E-state index in [0.29, 0.717) is 18.3 Å². The first-order valence-corrected chi connectivity index (χ1v) is 9.22. The third-order valence-electron chi connectivity index (χ3n) is 4.91. The van der Waals surface area contributed by atoms with Gasteiger partial charge in [-0.15, -0.1) is 0 Å². The van der Waals surface area contributed by atoms with Gasteiger partial charge in [-0.05, 0) is 37.3 Å². The van der Waals surface area contributed by atoms with Gasteiger partial charge in [0.1, 0.15) is 5.75 Å². The second-order valence-corrected chi connectivity index (χ2v) is 6.84. The van der Waals surface area contributed by atoms with Crippen molar-refractivity contribution in [2.24, 2.45) is 0 Å². The first kappa shape index (κ1) is 17.5. The summed E-state index contributed by atoms with van der Waals surface area (Å²) in [6, 6.07) is 16.4. The van der Waals surface area contributed by atoms with Crippen LogP contribution < -0.4 is 9.64 Å². The predicted molar refractivity (Wildman–Crippen MR) is 105 cm³/mol. The maximum atomic E-state index is 5.47. The molecule has 1 aromatic heterocycles. The summed E-state index contributed by atoms with van der Waals surface area (Å²) in [6.45, 7) is 6.64. The molecule has 1 aliphatic rings. The van der Waals surface area contributed by atoms with Crippen LogP contribution in [0.1, 0.15) is 11.5 Å². The Morgan fingerprint density at radius 1 is 1.04 bits per heavy atom. The van der Waals surface area contributed by atoms with Gasteiger partial charge in [0.25, 0.3) is 0 Å². The number of nitrogens with zero attached hydrogens (tertiary/aromatic N) is 4. The van der Waals surface area contributed by atoms with E-state index in [2.05, 4.69) is 51.1 Å². The SMILES string of the molecule is COc1ccc(N2CCN(Cc3nc(-c4cccc(C)c4)no3)CC2)cc1. The number of rotatable bonds is 5. The minimum atomic E-state index is 0.658. The van der Waals surface area contributed by atoms with E-state index in [9.17, 15) is 0 Å². The van der Waals surface area contributed by atoms with Gasteiger partial charge in [0.05, 0.1) is 13.7 Å². The van der Waals surface area contributed by atoms with E-state index in [0.717, 1.165) is 37.5 Å². The third-order valence-corrected chi connectivity index (χ3v) is 4.91. The number of ether oxygens (including phenoxy) is 1. The molecular weight excluding hydrogens is 340 g/mol. The van der Waals surface area contributed by atoms with Crippen molar-refractivity contribution in [1.82, 2.24) is 15.0 Å². The Bertz CT molecular complexity index is 883. The number of benzene rings is 2. The van der Waals surface area contributed by atoms with Crippen LogP contribution in [0, 0.1) is 6.92 Å². The molecule has 0 atom stereocenters. The van der Waals surface area contributed by atoms with Crippen LogP contribution in [0.3, 0.4) is 0 Å². The molecule has 3 aromatic rings. The second kappa shape index (κ2) is 7.80. The highest BCUT2D eigenvalue weighted by Gasteiger charge is 2.20. The Balaban J connectivity index is 1.34. The number of piperazine rings is 1. The van der Waals surface area contributed by atoms with Crippen molar-refractivity contribution in [3.63, 3.8) is 0 Å². The van der Waals surface area contributed by atoms with Gasteiger partial charge in [-0.1, -0.05) is 28.9 Å². The van der Waals surface area contributed by atoms with E-state index < -0.39 is 0 Å². The molecule has 0 bridgehead atoms. The van der Waals surface area contributed by atoms with Gasteiger partial charge in [-0.3, -0.25) is 4.90 Å². The molecule has 2 aromatic carbocycles. The Labute approximate surface area is 159 Å². The fourth-order valence-electron chi connectivity index (χ4n) is 3.37. The molecule has 0 radical (unpaired) electrons. The minimum absolute atomic E-state index is 0.658. The van der Waals surface area contributed by atoms with Crippen LogP contribution >= 0.6 is 0 Å². The third kappa shape index (κ3) is 4.11. The number of methoxy groups -OCH3 is 1. The predicted octanol–water partition coefficient (Wildman–Crippen LogP) is 3.38. The number of hydrogen-bond donors (Lipinski definition) is 0. The minimum Gasteiger partial charge on any atom is -0.497 e. The fraction of sp³-hybridized carbons (Fsp3) is 0.333. The van der Waals surface area contributed by atoms with Gasteiger partial charge in [0.2, 0.25) is 11.7 Å². The van der Waals surface area contributed by atoms with Gasteiger partial charge in [0, 0.05) is 37.4 Å². The van der Waals surface area contributed by atoms with Crippen LogP contribution in [0.2, 0.25) is 0 Å². The molecule has 140 valence electrons. The number of anilines is 1. The summed E-state index contributed by atoms with van der Waals surface area (Å²) in [7, 11) is 1.69. The van der Waals surface area contributed by atoms with E-state index in [4.69, 9.17) is 9.26 Å². The van der Waals surface area contributed by atoms with Crippen LogP contribution in [-0.2, 0) is 6.54 Å². The van der Waals surface area contributed by atoms with Crippen molar-refractivity contribution in [3.8, 4) is 17.1 Å². The van der Waals surface area contributed by atoms with Crippen LogP contribution in [0.5, 0.6) is 5.75 Å². The van der Waals surface area contributed by atoms with Gasteiger partial charge < -0.3 is 14.2 Å². The molecule has 1 saturated heterocycles. The molecule has 0 amide bonds. The molecular formula is C21H24N4O2. The lowest BCUT2D eigenvalue weighted by molar-refractivity contribution is 0.215. The molecule has 0 unspecified atom stereocenters. The maximum absolute atomic E-state index is 5.47. The largest absolute Gasteiger partial charge is 0.497 e. The van der Waals surface area contributed by atoms with Crippen molar-refractivity contribution < 1.29 is 9.26 Å². The van der Waals surface area contributed by atoms with E-state index >= 15 is 0 Å². The lowest BCUT2D eigenvalue weighted by Crippen LogP contribution is -2.46. The molecule has 0 saturated carbocycles.